The third kappa shape index (κ3) is 2.31. The topological polar surface area (TPSA) is 29.5 Å². The fourth-order valence-electron chi connectivity index (χ4n) is 3.81. The number of phenols is 1. The molecule has 4 rings (SSSR count). The highest BCUT2D eigenvalue weighted by atomic mass is 35.5. The molecule has 2 aliphatic rings. The molecule has 1 fully saturated rings. The SMILES string of the molecule is Oc1c(Cl)c(Cl)c(Cl)c(Cl)c1O[C@H]1[C@@H]2c3ccccc3[C@H]1C[C@@H]2Cl. The van der Waals surface area contributed by atoms with Crippen LogP contribution in [0.15, 0.2) is 24.3 Å². The van der Waals surface area contributed by atoms with Crippen molar-refractivity contribution in [2.24, 2.45) is 0 Å². The lowest BCUT2D eigenvalue weighted by atomic mass is 9.92. The molecule has 0 aliphatic heterocycles. The first-order valence-electron chi connectivity index (χ1n) is 7.36. The molecule has 0 spiro atoms. The van der Waals surface area contributed by atoms with Gasteiger partial charge in [-0.15, -0.1) is 11.6 Å². The summed E-state index contributed by atoms with van der Waals surface area (Å²) in [6.07, 6.45) is 0.572. The van der Waals surface area contributed by atoms with Crippen molar-refractivity contribution in [1.82, 2.24) is 0 Å². The highest BCUT2D eigenvalue weighted by molar-refractivity contribution is 6.53. The van der Waals surface area contributed by atoms with Crippen LogP contribution < -0.4 is 4.74 Å². The van der Waals surface area contributed by atoms with Gasteiger partial charge in [0.05, 0.1) is 10.0 Å². The van der Waals surface area contributed by atoms with Crippen molar-refractivity contribution in [3.8, 4) is 11.5 Å². The van der Waals surface area contributed by atoms with Crippen LogP contribution in [0.1, 0.15) is 29.4 Å². The van der Waals surface area contributed by atoms with Crippen molar-refractivity contribution in [2.45, 2.75) is 29.7 Å². The van der Waals surface area contributed by atoms with E-state index in [1.54, 1.807) is 0 Å². The number of aromatic hydroxyl groups is 1. The van der Waals surface area contributed by atoms with E-state index in [4.69, 9.17) is 62.7 Å². The van der Waals surface area contributed by atoms with Crippen LogP contribution in [-0.2, 0) is 0 Å². The predicted molar refractivity (Wildman–Crippen MR) is 98.7 cm³/mol. The molecule has 0 amide bonds. The van der Waals surface area contributed by atoms with Crippen LogP contribution in [0.4, 0.5) is 0 Å². The van der Waals surface area contributed by atoms with Crippen LogP contribution in [-0.4, -0.2) is 16.6 Å². The largest absolute Gasteiger partial charge is 0.503 e. The normalized spacial score (nSPS) is 27.4. The summed E-state index contributed by atoms with van der Waals surface area (Å²) in [5.74, 6) is -0.0962. The van der Waals surface area contributed by atoms with Gasteiger partial charge in [0.25, 0.3) is 0 Å². The maximum atomic E-state index is 10.3. The van der Waals surface area contributed by atoms with Crippen LogP contribution in [0.25, 0.3) is 0 Å². The lowest BCUT2D eigenvalue weighted by Crippen LogP contribution is -2.22. The average molecular weight is 425 g/mol. The average Bonchev–Trinajstić information content (AvgIpc) is 3.06. The molecular weight excluding hydrogens is 413 g/mol. The Morgan fingerprint density at radius 3 is 2.25 bits per heavy atom. The number of ether oxygens (including phenoxy) is 1. The van der Waals surface area contributed by atoms with Crippen LogP contribution in [0, 0.1) is 0 Å². The molecule has 24 heavy (non-hydrogen) atoms. The van der Waals surface area contributed by atoms with E-state index in [-0.39, 0.29) is 54.9 Å². The minimum Gasteiger partial charge on any atom is -0.503 e. The Balaban J connectivity index is 1.77. The van der Waals surface area contributed by atoms with E-state index in [0.29, 0.717) is 0 Å². The summed E-state index contributed by atoms with van der Waals surface area (Å²) in [5, 5.41) is 10.3. The van der Waals surface area contributed by atoms with Crippen molar-refractivity contribution >= 4 is 58.0 Å². The first-order valence-corrected chi connectivity index (χ1v) is 9.31. The Kier molecular flexibility index (Phi) is 4.26. The predicted octanol–water partition coefficient (Wildman–Crippen LogP) is 6.65. The molecule has 126 valence electrons. The van der Waals surface area contributed by atoms with E-state index >= 15 is 0 Å². The molecule has 2 aliphatic carbocycles. The third-order valence-electron chi connectivity index (χ3n) is 4.83. The van der Waals surface area contributed by atoms with Gasteiger partial charge in [0.2, 0.25) is 0 Å². The third-order valence-corrected chi connectivity index (χ3v) is 7.05. The van der Waals surface area contributed by atoms with Gasteiger partial charge in [0.1, 0.15) is 16.1 Å². The summed E-state index contributed by atoms with van der Waals surface area (Å²) in [7, 11) is 0. The summed E-state index contributed by atoms with van der Waals surface area (Å²) >= 11 is 30.8. The molecule has 1 N–H and O–H groups in total. The Morgan fingerprint density at radius 2 is 1.54 bits per heavy atom. The molecule has 7 heteroatoms. The Morgan fingerprint density at radius 1 is 0.917 bits per heavy atom. The number of alkyl halides is 1. The summed E-state index contributed by atoms with van der Waals surface area (Å²) < 4.78 is 6.10. The van der Waals surface area contributed by atoms with E-state index in [1.165, 1.54) is 11.1 Å². The number of hydrogen-bond donors (Lipinski definition) is 1. The zero-order chi connectivity index (χ0) is 17.2. The molecule has 2 bridgehead atoms. The molecule has 4 atom stereocenters. The van der Waals surface area contributed by atoms with Crippen LogP contribution >= 0.6 is 58.0 Å². The van der Waals surface area contributed by atoms with Crippen molar-refractivity contribution in [3.05, 3.63) is 55.5 Å². The first kappa shape index (κ1) is 16.9. The number of rotatable bonds is 2. The highest BCUT2D eigenvalue weighted by Gasteiger charge is 2.52. The lowest BCUT2D eigenvalue weighted by Gasteiger charge is -2.22. The smallest absolute Gasteiger partial charge is 0.183 e. The van der Waals surface area contributed by atoms with Gasteiger partial charge in [-0.2, -0.15) is 0 Å². The number of benzene rings is 2. The van der Waals surface area contributed by atoms with Gasteiger partial charge < -0.3 is 9.84 Å². The molecule has 2 aromatic rings. The van der Waals surface area contributed by atoms with E-state index in [9.17, 15) is 5.11 Å². The summed E-state index contributed by atoms with van der Waals surface area (Å²) in [5.41, 5.74) is 2.41. The lowest BCUT2D eigenvalue weighted by molar-refractivity contribution is 0.180. The molecule has 0 aromatic heterocycles. The molecule has 0 radical (unpaired) electrons. The molecule has 0 saturated heterocycles. The molecule has 0 unspecified atom stereocenters. The summed E-state index contributed by atoms with van der Waals surface area (Å²) in [6.45, 7) is 0. The quantitative estimate of drug-likeness (QED) is 0.332. The van der Waals surface area contributed by atoms with Crippen molar-refractivity contribution in [1.29, 1.82) is 0 Å². The monoisotopic (exact) mass is 422 g/mol. The van der Waals surface area contributed by atoms with E-state index in [0.717, 1.165) is 6.42 Å². The Labute approximate surface area is 164 Å². The maximum absolute atomic E-state index is 10.3. The second-order valence-electron chi connectivity index (χ2n) is 6.03. The number of hydrogen-bond acceptors (Lipinski definition) is 2. The van der Waals surface area contributed by atoms with Crippen LogP contribution in [0.5, 0.6) is 11.5 Å². The minimum absolute atomic E-state index is 0.00100. The van der Waals surface area contributed by atoms with Crippen LogP contribution in [0.3, 0.4) is 0 Å². The van der Waals surface area contributed by atoms with Gasteiger partial charge in [0, 0.05) is 17.2 Å². The van der Waals surface area contributed by atoms with E-state index in [2.05, 4.69) is 12.1 Å². The fourth-order valence-corrected chi connectivity index (χ4v) is 5.15. The molecule has 2 nitrogen and oxygen atoms in total. The van der Waals surface area contributed by atoms with Crippen molar-refractivity contribution in [3.63, 3.8) is 0 Å². The van der Waals surface area contributed by atoms with Crippen LogP contribution in [0.2, 0.25) is 20.1 Å². The number of phenolic OH excluding ortho intramolecular Hbond substituents is 1. The van der Waals surface area contributed by atoms with Gasteiger partial charge in [-0.25, -0.2) is 0 Å². The first-order chi connectivity index (χ1) is 11.4. The fraction of sp³-hybridized carbons (Fsp3) is 0.294. The maximum Gasteiger partial charge on any atom is 0.183 e. The number of halogens is 5. The molecular formula is C17H11Cl5O2. The highest BCUT2D eigenvalue weighted by Crippen LogP contribution is 2.58. The zero-order valence-corrected chi connectivity index (χ0v) is 15.9. The zero-order valence-electron chi connectivity index (χ0n) is 12.1. The molecule has 0 heterocycles. The molecule has 1 saturated carbocycles. The van der Waals surface area contributed by atoms with Crippen molar-refractivity contribution in [2.75, 3.05) is 0 Å². The van der Waals surface area contributed by atoms with E-state index in [1.807, 2.05) is 12.1 Å². The second kappa shape index (κ2) is 6.03. The minimum atomic E-state index is -0.308. The van der Waals surface area contributed by atoms with Gasteiger partial charge >= 0.3 is 0 Å². The Bertz CT molecular complexity index is 809. The van der Waals surface area contributed by atoms with Gasteiger partial charge in [0.15, 0.2) is 11.5 Å². The molecule has 2 aromatic carbocycles. The second-order valence-corrected chi connectivity index (χ2v) is 8.10. The van der Waals surface area contributed by atoms with E-state index < -0.39 is 0 Å². The van der Waals surface area contributed by atoms with Gasteiger partial charge in [-0.05, 0) is 17.5 Å². The van der Waals surface area contributed by atoms with Gasteiger partial charge in [-0.1, -0.05) is 70.7 Å². The number of fused-ring (bicyclic) bond motifs is 5. The van der Waals surface area contributed by atoms with Crippen molar-refractivity contribution < 1.29 is 9.84 Å². The standard InChI is InChI=1S/C17H11Cl5O2/c18-9-5-8-6-3-1-2-4-7(6)10(9)16(8)24-17-14(22)12(20)11(19)13(21)15(17)23/h1-4,8-10,16,23H,5H2/t8-,9+,10-,16-/m1/s1. The summed E-state index contributed by atoms with van der Waals surface area (Å²) in [4.78, 5) is 0. The Hall–Kier alpha value is -0.510. The summed E-state index contributed by atoms with van der Waals surface area (Å²) in [6, 6.07) is 8.14. The van der Waals surface area contributed by atoms with Gasteiger partial charge in [-0.3, -0.25) is 0 Å².